The van der Waals surface area contributed by atoms with Gasteiger partial charge in [0.05, 0.1) is 5.69 Å². The molecule has 3 rings (SSSR count). The normalized spacial score (nSPS) is 11.3. The van der Waals surface area contributed by atoms with Crippen LogP contribution in [0.2, 0.25) is 0 Å². The lowest BCUT2D eigenvalue weighted by Gasteiger charge is -2.25. The van der Waals surface area contributed by atoms with Crippen LogP contribution in [0.3, 0.4) is 0 Å². The number of benzene rings is 1. The molecule has 0 aliphatic carbocycles. The average Bonchev–Trinajstić information content (AvgIpc) is 2.61. The first kappa shape index (κ1) is 16.8. The van der Waals surface area contributed by atoms with Gasteiger partial charge in [-0.2, -0.15) is 0 Å². The summed E-state index contributed by atoms with van der Waals surface area (Å²) >= 11 is 0. The number of halogens is 1. The molecule has 128 valence electrons. The summed E-state index contributed by atoms with van der Waals surface area (Å²) in [5.41, 5.74) is 7.91. The van der Waals surface area contributed by atoms with E-state index in [1.54, 1.807) is 18.2 Å². The van der Waals surface area contributed by atoms with E-state index in [0.29, 0.717) is 29.6 Å². The number of pyridine rings is 1. The highest BCUT2D eigenvalue weighted by Gasteiger charge is 2.20. The van der Waals surface area contributed by atoms with Crippen LogP contribution in [0, 0.1) is 5.82 Å². The summed E-state index contributed by atoms with van der Waals surface area (Å²) < 4.78 is 13.1. The predicted octanol–water partition coefficient (Wildman–Crippen LogP) is 3.65. The molecule has 2 heterocycles. The highest BCUT2D eigenvalue weighted by molar-refractivity contribution is 5.57. The van der Waals surface area contributed by atoms with Crippen LogP contribution in [-0.2, 0) is 5.41 Å². The molecular formula is C19H20FN5. The zero-order valence-electron chi connectivity index (χ0n) is 14.2. The van der Waals surface area contributed by atoms with Crippen LogP contribution in [0.5, 0.6) is 0 Å². The molecule has 3 N–H and O–H groups in total. The third kappa shape index (κ3) is 4.09. The Balaban J connectivity index is 1.68. The van der Waals surface area contributed by atoms with E-state index in [0.717, 1.165) is 5.56 Å². The lowest BCUT2D eigenvalue weighted by atomic mass is 9.84. The Morgan fingerprint density at radius 3 is 2.36 bits per heavy atom. The van der Waals surface area contributed by atoms with Gasteiger partial charge >= 0.3 is 0 Å². The van der Waals surface area contributed by atoms with Crippen LogP contribution in [0.15, 0.2) is 54.6 Å². The fourth-order valence-electron chi connectivity index (χ4n) is 2.47. The van der Waals surface area contributed by atoms with Crippen molar-refractivity contribution in [3.05, 3.63) is 66.0 Å². The van der Waals surface area contributed by atoms with Crippen LogP contribution in [-0.4, -0.2) is 21.7 Å². The van der Waals surface area contributed by atoms with Gasteiger partial charge in [-0.1, -0.05) is 32.0 Å². The lowest BCUT2D eigenvalue weighted by molar-refractivity contribution is 0.552. The first-order valence-electron chi connectivity index (χ1n) is 8.01. The summed E-state index contributed by atoms with van der Waals surface area (Å²) in [6.45, 7) is 4.82. The molecule has 5 nitrogen and oxygen atoms in total. The molecule has 0 aliphatic heterocycles. The van der Waals surface area contributed by atoms with Gasteiger partial charge in [-0.05, 0) is 42.0 Å². The zero-order valence-corrected chi connectivity index (χ0v) is 14.2. The maximum Gasteiger partial charge on any atom is 0.148 e. The highest BCUT2D eigenvalue weighted by Crippen LogP contribution is 2.24. The molecule has 0 saturated heterocycles. The molecule has 0 aliphatic rings. The molecule has 0 atom stereocenters. The van der Waals surface area contributed by atoms with E-state index in [-0.39, 0.29) is 11.2 Å². The van der Waals surface area contributed by atoms with Gasteiger partial charge in [0.25, 0.3) is 0 Å². The molecule has 0 spiro atoms. The van der Waals surface area contributed by atoms with E-state index < -0.39 is 0 Å². The second-order valence-corrected chi connectivity index (χ2v) is 6.50. The quantitative estimate of drug-likeness (QED) is 0.743. The Labute approximate surface area is 146 Å². The minimum atomic E-state index is -0.232. The number of nitrogens with two attached hydrogens (primary N) is 1. The Hall–Kier alpha value is -3.02. The number of nitrogen functional groups attached to an aromatic ring is 1. The first-order chi connectivity index (χ1) is 11.9. The van der Waals surface area contributed by atoms with E-state index in [2.05, 4.69) is 34.3 Å². The Morgan fingerprint density at radius 2 is 1.72 bits per heavy atom. The van der Waals surface area contributed by atoms with E-state index >= 15 is 0 Å². The predicted molar refractivity (Wildman–Crippen MR) is 97.6 cm³/mol. The van der Waals surface area contributed by atoms with Crippen molar-refractivity contribution in [2.24, 2.45) is 0 Å². The monoisotopic (exact) mass is 337 g/mol. The lowest BCUT2D eigenvalue weighted by Crippen LogP contribution is -2.28. The maximum absolute atomic E-state index is 13.1. The molecule has 3 aromatic rings. The van der Waals surface area contributed by atoms with Crippen molar-refractivity contribution in [1.82, 2.24) is 15.2 Å². The zero-order chi connectivity index (χ0) is 17.9. The van der Waals surface area contributed by atoms with Gasteiger partial charge in [-0.3, -0.25) is 0 Å². The summed E-state index contributed by atoms with van der Waals surface area (Å²) in [4.78, 5) is 4.23. The molecule has 0 amide bonds. The number of nitrogens with one attached hydrogen (secondary N) is 1. The third-order valence-electron chi connectivity index (χ3n) is 4.03. The van der Waals surface area contributed by atoms with Crippen LogP contribution in [0.1, 0.15) is 19.4 Å². The van der Waals surface area contributed by atoms with Crippen molar-refractivity contribution in [1.29, 1.82) is 0 Å². The van der Waals surface area contributed by atoms with Crippen molar-refractivity contribution in [3.63, 3.8) is 0 Å². The molecule has 2 aromatic heterocycles. The molecular weight excluding hydrogens is 317 g/mol. The Bertz CT molecular complexity index is 844. The van der Waals surface area contributed by atoms with Crippen molar-refractivity contribution in [2.45, 2.75) is 19.3 Å². The van der Waals surface area contributed by atoms with E-state index in [1.165, 1.54) is 12.1 Å². The van der Waals surface area contributed by atoms with E-state index in [1.807, 2.05) is 24.3 Å². The first-order valence-corrected chi connectivity index (χ1v) is 8.01. The smallest absolute Gasteiger partial charge is 0.148 e. The summed E-state index contributed by atoms with van der Waals surface area (Å²) in [5, 5.41) is 11.7. The van der Waals surface area contributed by atoms with Crippen LogP contribution in [0.4, 0.5) is 16.0 Å². The summed E-state index contributed by atoms with van der Waals surface area (Å²) in [6.07, 6.45) is 0. The molecule has 0 unspecified atom stereocenters. The second-order valence-electron chi connectivity index (χ2n) is 6.50. The van der Waals surface area contributed by atoms with Crippen LogP contribution >= 0.6 is 0 Å². The minimum Gasteiger partial charge on any atom is -0.384 e. The van der Waals surface area contributed by atoms with E-state index in [4.69, 9.17) is 5.73 Å². The molecule has 1 aromatic carbocycles. The Morgan fingerprint density at radius 1 is 0.960 bits per heavy atom. The number of aromatic nitrogens is 3. The van der Waals surface area contributed by atoms with Gasteiger partial charge in [0.2, 0.25) is 0 Å². The van der Waals surface area contributed by atoms with Crippen molar-refractivity contribution >= 4 is 11.6 Å². The molecule has 25 heavy (non-hydrogen) atoms. The molecule has 0 fully saturated rings. The van der Waals surface area contributed by atoms with E-state index in [9.17, 15) is 4.39 Å². The maximum atomic E-state index is 13.1. The van der Waals surface area contributed by atoms with Gasteiger partial charge in [-0.25, -0.2) is 9.37 Å². The Kier molecular flexibility index (Phi) is 4.61. The fraction of sp³-hybridized carbons (Fsp3) is 0.211. The minimum absolute atomic E-state index is 0.177. The number of rotatable bonds is 5. The van der Waals surface area contributed by atoms with Gasteiger partial charge < -0.3 is 11.1 Å². The van der Waals surface area contributed by atoms with Gasteiger partial charge in [0.15, 0.2) is 0 Å². The number of anilines is 2. The topological polar surface area (TPSA) is 76.7 Å². The number of hydrogen-bond donors (Lipinski definition) is 2. The van der Waals surface area contributed by atoms with Gasteiger partial charge in [0, 0.05) is 12.0 Å². The molecule has 0 radical (unpaired) electrons. The summed E-state index contributed by atoms with van der Waals surface area (Å²) in [6, 6.07) is 15.7. The van der Waals surface area contributed by atoms with Crippen molar-refractivity contribution in [3.8, 4) is 11.4 Å². The second kappa shape index (κ2) is 6.84. The van der Waals surface area contributed by atoms with Crippen molar-refractivity contribution in [2.75, 3.05) is 17.6 Å². The van der Waals surface area contributed by atoms with Gasteiger partial charge in [-0.15, -0.1) is 10.2 Å². The largest absolute Gasteiger partial charge is 0.384 e. The summed E-state index contributed by atoms with van der Waals surface area (Å²) in [7, 11) is 0. The molecule has 6 heteroatoms. The average molecular weight is 337 g/mol. The molecule has 0 bridgehead atoms. The van der Waals surface area contributed by atoms with Crippen LogP contribution < -0.4 is 11.1 Å². The van der Waals surface area contributed by atoms with Crippen molar-refractivity contribution < 1.29 is 4.39 Å². The van der Waals surface area contributed by atoms with Crippen LogP contribution in [0.25, 0.3) is 11.4 Å². The standard InChI is InChI=1S/C19H20FN5/c1-19(2,13-6-8-14(20)9-7-13)12-22-18-11-10-16(24-25-18)15-4-3-5-17(21)23-15/h3-11H,12H2,1-2H3,(H2,21,23)(H,22,25). The summed E-state index contributed by atoms with van der Waals surface area (Å²) in [5.74, 6) is 0.884. The number of nitrogens with zero attached hydrogens (tertiary/aromatic N) is 3. The fourth-order valence-corrected chi connectivity index (χ4v) is 2.47. The third-order valence-corrected chi connectivity index (χ3v) is 4.03. The number of hydrogen-bond acceptors (Lipinski definition) is 5. The highest BCUT2D eigenvalue weighted by atomic mass is 19.1. The molecule has 0 saturated carbocycles. The SMILES string of the molecule is CC(C)(CNc1ccc(-c2cccc(N)n2)nn1)c1ccc(F)cc1. The van der Waals surface area contributed by atoms with Gasteiger partial charge in [0.1, 0.15) is 23.1 Å².